The molecule has 2 aromatic rings. The second-order valence-electron chi connectivity index (χ2n) is 5.16. The fraction of sp³-hybridized carbons (Fsp3) is 0.267. The van der Waals surface area contributed by atoms with Crippen molar-refractivity contribution in [3.05, 3.63) is 53.0 Å². The van der Waals surface area contributed by atoms with Gasteiger partial charge in [0.05, 0.1) is 11.2 Å². The van der Waals surface area contributed by atoms with Crippen molar-refractivity contribution >= 4 is 0 Å². The fourth-order valence-electron chi connectivity index (χ4n) is 1.87. The molecule has 0 fully saturated rings. The molecule has 0 bridgehead atoms. The zero-order chi connectivity index (χ0) is 15.1. The van der Waals surface area contributed by atoms with Crippen LogP contribution in [-0.2, 0) is 5.60 Å². The molecule has 0 aliphatic rings. The molecule has 1 aromatic heterocycles. The third-order valence-corrected chi connectivity index (χ3v) is 2.97. The molecule has 0 aliphatic heterocycles. The highest BCUT2D eigenvalue weighted by Crippen LogP contribution is 2.31. The van der Waals surface area contributed by atoms with Crippen LogP contribution in [0.3, 0.4) is 0 Å². The van der Waals surface area contributed by atoms with Crippen LogP contribution in [0, 0.1) is 24.4 Å². The third kappa shape index (κ3) is 2.67. The van der Waals surface area contributed by atoms with Crippen LogP contribution >= 0.6 is 0 Å². The quantitative estimate of drug-likeness (QED) is 0.910. The molecule has 106 valence electrons. The van der Waals surface area contributed by atoms with Gasteiger partial charge in [-0.1, -0.05) is 0 Å². The van der Waals surface area contributed by atoms with Gasteiger partial charge in [-0.15, -0.1) is 0 Å². The highest BCUT2D eigenvalue weighted by atomic mass is 19.1. The van der Waals surface area contributed by atoms with Gasteiger partial charge < -0.3 is 5.11 Å². The van der Waals surface area contributed by atoms with Crippen molar-refractivity contribution in [2.75, 3.05) is 0 Å². The molecule has 0 spiro atoms. The predicted molar refractivity (Wildman–Crippen MR) is 69.5 cm³/mol. The Kier molecular flexibility index (Phi) is 3.56. The maximum atomic E-state index is 14.1. The van der Waals surface area contributed by atoms with E-state index in [1.54, 1.807) is 6.92 Å². The van der Waals surface area contributed by atoms with Gasteiger partial charge in [-0.25, -0.2) is 18.2 Å². The van der Waals surface area contributed by atoms with Gasteiger partial charge >= 0.3 is 0 Å². The molecular formula is C15H14F3NO. The molecule has 2 nitrogen and oxygen atoms in total. The first-order valence-electron chi connectivity index (χ1n) is 6.05. The van der Waals surface area contributed by atoms with Crippen LogP contribution in [0.25, 0.3) is 11.3 Å². The molecule has 5 heteroatoms. The van der Waals surface area contributed by atoms with E-state index in [0.717, 1.165) is 18.2 Å². The van der Waals surface area contributed by atoms with E-state index >= 15 is 0 Å². The summed E-state index contributed by atoms with van der Waals surface area (Å²) in [5.41, 5.74) is -1.77. The molecule has 0 atom stereocenters. The second kappa shape index (κ2) is 4.90. The maximum absolute atomic E-state index is 14.1. The monoisotopic (exact) mass is 281 g/mol. The van der Waals surface area contributed by atoms with Crippen molar-refractivity contribution in [1.29, 1.82) is 0 Å². The summed E-state index contributed by atoms with van der Waals surface area (Å²) in [6, 6.07) is 4.50. The van der Waals surface area contributed by atoms with E-state index in [1.807, 2.05) is 0 Å². The number of pyridine rings is 1. The van der Waals surface area contributed by atoms with Crippen molar-refractivity contribution in [1.82, 2.24) is 4.98 Å². The summed E-state index contributed by atoms with van der Waals surface area (Å²) in [6.07, 6.45) is 0. The maximum Gasteiger partial charge on any atom is 0.149 e. The molecule has 0 aliphatic carbocycles. The van der Waals surface area contributed by atoms with Crippen LogP contribution in [-0.4, -0.2) is 10.1 Å². The van der Waals surface area contributed by atoms with Crippen LogP contribution in [0.4, 0.5) is 13.2 Å². The smallest absolute Gasteiger partial charge is 0.149 e. The highest BCUT2D eigenvalue weighted by molar-refractivity contribution is 5.62. The third-order valence-electron chi connectivity index (χ3n) is 2.97. The molecule has 0 unspecified atom stereocenters. The Hall–Kier alpha value is -1.88. The standard InChI is InChI=1S/C15H14F3NO/c1-8-4-5-10(16)14(19-8)13-11(17)6-9(7-12(13)18)15(2,3)20/h4-7,20H,1-3H3. The summed E-state index contributed by atoms with van der Waals surface area (Å²) in [7, 11) is 0. The summed E-state index contributed by atoms with van der Waals surface area (Å²) < 4.78 is 41.9. The van der Waals surface area contributed by atoms with E-state index in [9.17, 15) is 18.3 Å². The summed E-state index contributed by atoms with van der Waals surface area (Å²) in [4.78, 5) is 3.84. The van der Waals surface area contributed by atoms with Gasteiger partial charge in [-0.2, -0.15) is 0 Å². The van der Waals surface area contributed by atoms with Crippen molar-refractivity contribution in [3.63, 3.8) is 0 Å². The number of benzene rings is 1. The molecule has 0 saturated heterocycles. The minimum atomic E-state index is -1.39. The number of halogens is 3. The zero-order valence-corrected chi connectivity index (χ0v) is 11.3. The van der Waals surface area contributed by atoms with Crippen LogP contribution < -0.4 is 0 Å². The minimum Gasteiger partial charge on any atom is -0.386 e. The SMILES string of the molecule is Cc1ccc(F)c(-c2c(F)cc(C(C)(C)O)cc2F)n1. The highest BCUT2D eigenvalue weighted by Gasteiger charge is 2.23. The molecule has 0 radical (unpaired) electrons. The molecule has 0 saturated carbocycles. The lowest BCUT2D eigenvalue weighted by Crippen LogP contribution is -2.16. The van der Waals surface area contributed by atoms with Crippen LogP contribution in [0.15, 0.2) is 24.3 Å². The molecule has 1 heterocycles. The second-order valence-corrected chi connectivity index (χ2v) is 5.16. The van der Waals surface area contributed by atoms with Gasteiger partial charge in [-0.05, 0) is 50.6 Å². The van der Waals surface area contributed by atoms with Crippen molar-refractivity contribution in [2.45, 2.75) is 26.4 Å². The summed E-state index contributed by atoms with van der Waals surface area (Å²) in [5.74, 6) is -2.72. The molecule has 1 aromatic carbocycles. The van der Waals surface area contributed by atoms with Gasteiger partial charge in [-0.3, -0.25) is 0 Å². The van der Waals surface area contributed by atoms with Gasteiger partial charge in [0.2, 0.25) is 0 Å². The van der Waals surface area contributed by atoms with E-state index in [0.29, 0.717) is 5.69 Å². The molecule has 20 heavy (non-hydrogen) atoms. The van der Waals surface area contributed by atoms with Crippen LogP contribution in [0.1, 0.15) is 25.1 Å². The van der Waals surface area contributed by atoms with E-state index in [2.05, 4.69) is 4.98 Å². The zero-order valence-electron chi connectivity index (χ0n) is 11.3. The lowest BCUT2D eigenvalue weighted by Gasteiger charge is -2.19. The van der Waals surface area contributed by atoms with Gasteiger partial charge in [0.15, 0.2) is 0 Å². The Morgan fingerprint density at radius 3 is 2.05 bits per heavy atom. The first-order chi connectivity index (χ1) is 9.20. The van der Waals surface area contributed by atoms with Gasteiger partial charge in [0.25, 0.3) is 0 Å². The van der Waals surface area contributed by atoms with E-state index in [1.165, 1.54) is 19.9 Å². The van der Waals surface area contributed by atoms with Crippen LogP contribution in [0.5, 0.6) is 0 Å². The number of aromatic nitrogens is 1. The summed E-state index contributed by atoms with van der Waals surface area (Å²) in [5, 5.41) is 9.78. The van der Waals surface area contributed by atoms with Crippen LogP contribution in [0.2, 0.25) is 0 Å². The van der Waals surface area contributed by atoms with Crippen molar-refractivity contribution < 1.29 is 18.3 Å². The lowest BCUT2D eigenvalue weighted by molar-refractivity contribution is 0.0779. The van der Waals surface area contributed by atoms with Gasteiger partial charge in [0.1, 0.15) is 23.1 Å². The number of aryl methyl sites for hydroxylation is 1. The number of nitrogens with zero attached hydrogens (tertiary/aromatic N) is 1. The van der Waals surface area contributed by atoms with E-state index in [-0.39, 0.29) is 11.3 Å². The minimum absolute atomic E-state index is 0.0734. The number of rotatable bonds is 2. The fourth-order valence-corrected chi connectivity index (χ4v) is 1.87. The average molecular weight is 281 g/mol. The van der Waals surface area contributed by atoms with Gasteiger partial charge in [0, 0.05) is 5.69 Å². The van der Waals surface area contributed by atoms with E-state index in [4.69, 9.17) is 0 Å². The number of hydrogen-bond donors (Lipinski definition) is 1. The molecular weight excluding hydrogens is 267 g/mol. The molecule has 2 rings (SSSR count). The first kappa shape index (κ1) is 14.5. The van der Waals surface area contributed by atoms with Crippen molar-refractivity contribution in [3.8, 4) is 11.3 Å². The Labute approximate surface area is 114 Å². The Morgan fingerprint density at radius 2 is 1.55 bits per heavy atom. The lowest BCUT2D eigenvalue weighted by atomic mass is 9.95. The number of aliphatic hydroxyl groups is 1. The molecule has 1 N–H and O–H groups in total. The summed E-state index contributed by atoms with van der Waals surface area (Å²) >= 11 is 0. The first-order valence-corrected chi connectivity index (χ1v) is 6.05. The Morgan fingerprint density at radius 1 is 1.00 bits per heavy atom. The molecule has 0 amide bonds. The van der Waals surface area contributed by atoms with E-state index < -0.39 is 28.6 Å². The Balaban J connectivity index is 2.67. The predicted octanol–water partition coefficient (Wildman–Crippen LogP) is 3.70. The number of hydrogen-bond acceptors (Lipinski definition) is 2. The summed E-state index contributed by atoms with van der Waals surface area (Å²) in [6.45, 7) is 4.42. The topological polar surface area (TPSA) is 33.1 Å². The normalized spacial score (nSPS) is 11.8. The van der Waals surface area contributed by atoms with Crippen molar-refractivity contribution in [2.24, 2.45) is 0 Å². The Bertz CT molecular complexity index is 640. The average Bonchev–Trinajstić information content (AvgIpc) is 2.31. The largest absolute Gasteiger partial charge is 0.386 e.